The van der Waals surface area contributed by atoms with Gasteiger partial charge < -0.3 is 15.1 Å². The van der Waals surface area contributed by atoms with Gasteiger partial charge in [0, 0.05) is 13.1 Å². The number of carbonyl (C=O) groups excluding carboxylic acids is 1. The molecule has 0 aromatic carbocycles. The molecule has 3 unspecified atom stereocenters. The number of carboxylic acid groups (broad SMARTS) is 1. The van der Waals surface area contributed by atoms with Crippen molar-refractivity contribution < 1.29 is 19.8 Å². The van der Waals surface area contributed by atoms with Crippen molar-refractivity contribution in [2.45, 2.75) is 31.8 Å². The van der Waals surface area contributed by atoms with E-state index in [2.05, 4.69) is 0 Å². The smallest absolute Gasteiger partial charge is 0.307 e. The number of amides is 1. The van der Waals surface area contributed by atoms with E-state index in [1.165, 1.54) is 0 Å². The number of allylic oxidation sites excluding steroid dienone is 2. The van der Waals surface area contributed by atoms with E-state index in [4.69, 9.17) is 5.11 Å². The number of likely N-dealkylation sites (tertiary alicyclic amines) is 1. The first-order valence-corrected chi connectivity index (χ1v) is 6.30. The Balaban J connectivity index is 2.08. The third-order valence-corrected chi connectivity index (χ3v) is 3.83. The number of rotatable bonds is 2. The minimum Gasteiger partial charge on any atom is -0.481 e. The fraction of sp³-hybridized carbons (Fsp3) is 0.692. The highest BCUT2D eigenvalue weighted by Gasteiger charge is 2.40. The van der Waals surface area contributed by atoms with Crippen LogP contribution in [0, 0.1) is 11.8 Å². The number of aliphatic hydroxyl groups is 1. The number of nitrogens with zero attached hydrogens (tertiary/aromatic N) is 1. The Morgan fingerprint density at radius 3 is 2.39 bits per heavy atom. The van der Waals surface area contributed by atoms with Crippen molar-refractivity contribution in [3.8, 4) is 0 Å². The molecule has 2 rings (SSSR count). The Labute approximate surface area is 106 Å². The highest BCUT2D eigenvalue weighted by Crippen LogP contribution is 2.30. The molecule has 1 aliphatic carbocycles. The van der Waals surface area contributed by atoms with Crippen LogP contribution in [0.25, 0.3) is 0 Å². The molecule has 2 aliphatic rings. The number of hydrogen-bond acceptors (Lipinski definition) is 3. The lowest BCUT2D eigenvalue weighted by Gasteiger charge is -2.29. The van der Waals surface area contributed by atoms with Crippen LogP contribution >= 0.6 is 0 Å². The first-order chi connectivity index (χ1) is 8.41. The van der Waals surface area contributed by atoms with E-state index in [9.17, 15) is 14.7 Å². The van der Waals surface area contributed by atoms with Gasteiger partial charge in [-0.2, -0.15) is 0 Å². The fourth-order valence-electron chi connectivity index (χ4n) is 2.73. The average molecular weight is 253 g/mol. The third kappa shape index (κ3) is 2.56. The van der Waals surface area contributed by atoms with Crippen molar-refractivity contribution in [3.63, 3.8) is 0 Å². The third-order valence-electron chi connectivity index (χ3n) is 3.83. The molecule has 3 atom stereocenters. The van der Waals surface area contributed by atoms with Crippen LogP contribution in [0.15, 0.2) is 12.2 Å². The van der Waals surface area contributed by atoms with Gasteiger partial charge in [-0.1, -0.05) is 12.2 Å². The largest absolute Gasteiger partial charge is 0.481 e. The lowest BCUT2D eigenvalue weighted by atomic mass is 9.82. The Morgan fingerprint density at radius 2 is 1.89 bits per heavy atom. The van der Waals surface area contributed by atoms with Crippen LogP contribution in [-0.4, -0.2) is 45.7 Å². The molecule has 1 saturated heterocycles. The summed E-state index contributed by atoms with van der Waals surface area (Å²) in [5.74, 6) is -2.16. The van der Waals surface area contributed by atoms with Crippen molar-refractivity contribution >= 4 is 11.9 Å². The summed E-state index contributed by atoms with van der Waals surface area (Å²) in [7, 11) is 0. The second-order valence-electron chi connectivity index (χ2n) is 5.50. The van der Waals surface area contributed by atoms with Gasteiger partial charge in [-0.25, -0.2) is 0 Å². The minimum absolute atomic E-state index is 0.135. The van der Waals surface area contributed by atoms with E-state index in [1.54, 1.807) is 11.8 Å². The molecule has 0 aromatic heterocycles. The number of carboxylic acids is 1. The first-order valence-electron chi connectivity index (χ1n) is 6.30. The zero-order valence-electron chi connectivity index (χ0n) is 10.5. The van der Waals surface area contributed by atoms with E-state index in [0.29, 0.717) is 32.4 Å². The molecule has 2 N–H and O–H groups in total. The minimum atomic E-state index is -0.913. The number of carbonyl (C=O) groups is 2. The van der Waals surface area contributed by atoms with Gasteiger partial charge in [-0.3, -0.25) is 9.59 Å². The summed E-state index contributed by atoms with van der Waals surface area (Å²) >= 11 is 0. The SMILES string of the molecule is CC1(O)CCN(C(=O)C2CC=CCC2C(=O)O)C1. The summed E-state index contributed by atoms with van der Waals surface area (Å²) < 4.78 is 0. The average Bonchev–Trinajstić information content (AvgIpc) is 2.68. The van der Waals surface area contributed by atoms with Crippen LogP contribution in [0.1, 0.15) is 26.2 Å². The second kappa shape index (κ2) is 4.72. The molecule has 1 amide bonds. The summed E-state index contributed by atoms with van der Waals surface area (Å²) in [5, 5.41) is 19.0. The van der Waals surface area contributed by atoms with Crippen molar-refractivity contribution in [3.05, 3.63) is 12.2 Å². The molecule has 1 fully saturated rings. The van der Waals surface area contributed by atoms with Gasteiger partial charge in [0.05, 0.1) is 17.4 Å². The maximum atomic E-state index is 12.3. The first kappa shape index (κ1) is 13.1. The standard InChI is InChI=1S/C13H19NO4/c1-13(18)6-7-14(8-13)11(15)9-4-2-3-5-10(9)12(16)17/h2-3,9-10,18H,4-8H2,1H3,(H,16,17). The predicted molar refractivity (Wildman–Crippen MR) is 64.8 cm³/mol. The summed E-state index contributed by atoms with van der Waals surface area (Å²) in [6.45, 7) is 2.52. The monoisotopic (exact) mass is 253 g/mol. The van der Waals surface area contributed by atoms with E-state index in [1.807, 2.05) is 12.2 Å². The van der Waals surface area contributed by atoms with E-state index < -0.39 is 23.4 Å². The molecule has 0 bridgehead atoms. The summed E-state index contributed by atoms with van der Waals surface area (Å²) in [6.07, 6.45) is 5.14. The maximum Gasteiger partial charge on any atom is 0.307 e. The predicted octanol–water partition coefficient (Wildman–Crippen LogP) is 0.637. The highest BCUT2D eigenvalue weighted by atomic mass is 16.4. The van der Waals surface area contributed by atoms with Gasteiger partial charge in [0.25, 0.3) is 0 Å². The van der Waals surface area contributed by atoms with Crippen LogP contribution in [0.5, 0.6) is 0 Å². The van der Waals surface area contributed by atoms with E-state index >= 15 is 0 Å². The molecular formula is C13H19NO4. The number of β-amino-alcohol motifs (C(OH)–C–C–N with tert-alkyl or cyclic N) is 1. The summed E-state index contributed by atoms with van der Waals surface area (Å²) in [4.78, 5) is 25.1. The molecule has 0 aromatic rings. The molecule has 1 heterocycles. The molecule has 5 nitrogen and oxygen atoms in total. The molecule has 0 radical (unpaired) electrons. The Hall–Kier alpha value is -1.36. The van der Waals surface area contributed by atoms with Crippen LogP contribution in [-0.2, 0) is 9.59 Å². The van der Waals surface area contributed by atoms with Crippen LogP contribution in [0.2, 0.25) is 0 Å². The molecular weight excluding hydrogens is 234 g/mol. The maximum absolute atomic E-state index is 12.3. The zero-order valence-corrected chi connectivity index (χ0v) is 10.5. The Kier molecular flexibility index (Phi) is 3.43. The van der Waals surface area contributed by atoms with Crippen molar-refractivity contribution in [1.82, 2.24) is 4.90 Å². The molecule has 18 heavy (non-hydrogen) atoms. The zero-order chi connectivity index (χ0) is 13.3. The van der Waals surface area contributed by atoms with Gasteiger partial charge in [0.2, 0.25) is 5.91 Å². The van der Waals surface area contributed by atoms with Gasteiger partial charge >= 0.3 is 5.97 Å². The van der Waals surface area contributed by atoms with Crippen molar-refractivity contribution in [2.75, 3.05) is 13.1 Å². The van der Waals surface area contributed by atoms with Gasteiger partial charge in [0.1, 0.15) is 0 Å². The topological polar surface area (TPSA) is 77.8 Å². The Morgan fingerprint density at radius 1 is 1.28 bits per heavy atom. The quantitative estimate of drug-likeness (QED) is 0.708. The number of hydrogen-bond donors (Lipinski definition) is 2. The van der Waals surface area contributed by atoms with Gasteiger partial charge in [0.15, 0.2) is 0 Å². The van der Waals surface area contributed by atoms with Gasteiger partial charge in [-0.05, 0) is 26.2 Å². The lowest BCUT2D eigenvalue weighted by Crippen LogP contribution is -2.42. The van der Waals surface area contributed by atoms with Crippen molar-refractivity contribution in [2.24, 2.45) is 11.8 Å². The van der Waals surface area contributed by atoms with Crippen LogP contribution in [0.3, 0.4) is 0 Å². The number of aliphatic carboxylic acids is 1. The van der Waals surface area contributed by atoms with E-state index in [-0.39, 0.29) is 5.91 Å². The summed E-state index contributed by atoms with van der Waals surface area (Å²) in [5.41, 5.74) is -0.834. The normalized spacial score (nSPS) is 35.8. The van der Waals surface area contributed by atoms with Crippen LogP contribution < -0.4 is 0 Å². The molecule has 5 heteroatoms. The van der Waals surface area contributed by atoms with Crippen molar-refractivity contribution in [1.29, 1.82) is 0 Å². The Bertz CT molecular complexity index is 388. The molecule has 0 spiro atoms. The fourth-order valence-corrected chi connectivity index (χ4v) is 2.73. The molecule has 1 aliphatic heterocycles. The highest BCUT2D eigenvalue weighted by molar-refractivity contribution is 5.85. The van der Waals surface area contributed by atoms with Gasteiger partial charge in [-0.15, -0.1) is 0 Å². The summed E-state index contributed by atoms with van der Waals surface area (Å²) in [6, 6.07) is 0. The lowest BCUT2D eigenvalue weighted by molar-refractivity contribution is -0.150. The molecule has 0 saturated carbocycles. The second-order valence-corrected chi connectivity index (χ2v) is 5.50. The molecule has 100 valence electrons. The van der Waals surface area contributed by atoms with E-state index in [0.717, 1.165) is 0 Å². The van der Waals surface area contributed by atoms with Crippen LogP contribution in [0.4, 0.5) is 0 Å².